The summed E-state index contributed by atoms with van der Waals surface area (Å²) >= 11 is 0. The Morgan fingerprint density at radius 3 is 2.60 bits per heavy atom. The fourth-order valence-corrected chi connectivity index (χ4v) is 1.53. The van der Waals surface area contributed by atoms with Crippen LogP contribution in [0.5, 0.6) is 0 Å². The Labute approximate surface area is 89.6 Å². The summed E-state index contributed by atoms with van der Waals surface area (Å²) in [5, 5.41) is 9.92. The van der Waals surface area contributed by atoms with E-state index >= 15 is 0 Å². The van der Waals surface area contributed by atoms with E-state index in [4.69, 9.17) is 0 Å². The third-order valence-electron chi connectivity index (χ3n) is 2.25. The van der Waals surface area contributed by atoms with Gasteiger partial charge in [0.15, 0.2) is 0 Å². The second-order valence-corrected chi connectivity index (χ2v) is 4.09. The van der Waals surface area contributed by atoms with Gasteiger partial charge in [0.25, 0.3) is 0 Å². The summed E-state index contributed by atoms with van der Waals surface area (Å²) in [5.74, 6) is -0.316. The molecule has 2 unspecified atom stereocenters. The fourth-order valence-electron chi connectivity index (χ4n) is 1.53. The molecule has 0 aromatic carbocycles. The number of rotatable bonds is 4. The van der Waals surface area contributed by atoms with E-state index in [-0.39, 0.29) is 11.7 Å². The lowest BCUT2D eigenvalue weighted by Crippen LogP contribution is -2.24. The van der Waals surface area contributed by atoms with Gasteiger partial charge < -0.3 is 10.0 Å². The molecule has 0 bridgehead atoms. The first-order valence-corrected chi connectivity index (χ1v) is 4.95. The van der Waals surface area contributed by atoms with Crippen molar-refractivity contribution < 1.29 is 9.50 Å². The van der Waals surface area contributed by atoms with Gasteiger partial charge in [-0.1, -0.05) is 6.92 Å². The van der Waals surface area contributed by atoms with Gasteiger partial charge in [-0.2, -0.15) is 0 Å². The molecule has 4 heteroatoms. The fraction of sp³-hybridized carbons (Fsp3) is 0.545. The lowest BCUT2D eigenvalue weighted by atomic mass is 10.0. The summed E-state index contributed by atoms with van der Waals surface area (Å²) in [6, 6.07) is 2.83. The highest BCUT2D eigenvalue weighted by Gasteiger charge is 2.18. The van der Waals surface area contributed by atoms with Crippen LogP contribution in [0.2, 0.25) is 0 Å². The third kappa shape index (κ3) is 3.57. The molecule has 1 N–H and O–H groups in total. The van der Waals surface area contributed by atoms with Crippen LogP contribution in [0.25, 0.3) is 0 Å². The molecule has 0 radical (unpaired) electrons. The lowest BCUT2D eigenvalue weighted by molar-refractivity contribution is 0.0963. The molecule has 2 atom stereocenters. The number of nitrogens with zero attached hydrogens (tertiary/aromatic N) is 2. The van der Waals surface area contributed by atoms with Crippen LogP contribution < -0.4 is 0 Å². The Hall–Kier alpha value is -1.00. The quantitative estimate of drug-likeness (QED) is 0.820. The van der Waals surface area contributed by atoms with E-state index in [2.05, 4.69) is 4.98 Å². The zero-order valence-electron chi connectivity index (χ0n) is 9.31. The molecule has 1 rings (SSSR count). The standard InChI is InChI=1S/C11H17FN2O/c1-8(7-14(2)3)11(15)10-5-4-9(12)6-13-10/h4-6,8,11,15H,7H2,1-3H3. The van der Waals surface area contributed by atoms with Crippen LogP contribution in [0.3, 0.4) is 0 Å². The molecule has 84 valence electrons. The van der Waals surface area contributed by atoms with Crippen LogP contribution in [0.4, 0.5) is 4.39 Å². The second-order valence-electron chi connectivity index (χ2n) is 4.09. The molecular formula is C11H17FN2O. The Morgan fingerprint density at radius 1 is 1.47 bits per heavy atom. The highest BCUT2D eigenvalue weighted by Crippen LogP contribution is 2.20. The molecule has 0 spiro atoms. The van der Waals surface area contributed by atoms with E-state index in [1.165, 1.54) is 12.1 Å². The van der Waals surface area contributed by atoms with Crippen molar-refractivity contribution in [1.82, 2.24) is 9.88 Å². The number of pyridine rings is 1. The molecule has 0 aliphatic heterocycles. The summed E-state index contributed by atoms with van der Waals surface area (Å²) in [7, 11) is 3.89. The van der Waals surface area contributed by atoms with Gasteiger partial charge in [0.05, 0.1) is 18.0 Å². The molecule has 3 nitrogen and oxygen atoms in total. The van der Waals surface area contributed by atoms with E-state index < -0.39 is 6.10 Å². The molecule has 15 heavy (non-hydrogen) atoms. The van der Waals surface area contributed by atoms with Crippen molar-refractivity contribution in [2.75, 3.05) is 20.6 Å². The van der Waals surface area contributed by atoms with E-state index in [0.29, 0.717) is 5.69 Å². The largest absolute Gasteiger partial charge is 0.386 e. The van der Waals surface area contributed by atoms with Gasteiger partial charge in [-0.15, -0.1) is 0 Å². The maximum absolute atomic E-state index is 12.6. The summed E-state index contributed by atoms with van der Waals surface area (Å²) in [6.07, 6.45) is 0.481. The van der Waals surface area contributed by atoms with Crippen molar-refractivity contribution in [1.29, 1.82) is 0 Å². The maximum atomic E-state index is 12.6. The number of hydrogen-bond acceptors (Lipinski definition) is 3. The van der Waals surface area contributed by atoms with Gasteiger partial charge in [0.2, 0.25) is 0 Å². The van der Waals surface area contributed by atoms with E-state index in [1.54, 1.807) is 0 Å². The number of hydrogen-bond donors (Lipinski definition) is 1. The van der Waals surface area contributed by atoms with Crippen molar-refractivity contribution in [2.45, 2.75) is 13.0 Å². The van der Waals surface area contributed by atoms with Gasteiger partial charge in [0, 0.05) is 12.5 Å². The molecule has 0 saturated heterocycles. The van der Waals surface area contributed by atoms with Crippen molar-refractivity contribution >= 4 is 0 Å². The van der Waals surface area contributed by atoms with Gasteiger partial charge in [-0.3, -0.25) is 4.98 Å². The van der Waals surface area contributed by atoms with Crippen molar-refractivity contribution in [3.63, 3.8) is 0 Å². The smallest absolute Gasteiger partial charge is 0.141 e. The maximum Gasteiger partial charge on any atom is 0.141 e. The van der Waals surface area contributed by atoms with E-state index in [1.807, 2.05) is 25.9 Å². The molecule has 1 heterocycles. The number of aromatic nitrogens is 1. The zero-order chi connectivity index (χ0) is 11.4. The molecule has 0 saturated carbocycles. The molecular weight excluding hydrogens is 195 g/mol. The molecule has 0 fully saturated rings. The van der Waals surface area contributed by atoms with Crippen LogP contribution in [-0.2, 0) is 0 Å². The first kappa shape index (κ1) is 12.1. The predicted octanol–water partition coefficient (Wildman–Crippen LogP) is 1.45. The lowest BCUT2D eigenvalue weighted by Gasteiger charge is -2.21. The Bertz CT molecular complexity index is 300. The molecule has 1 aromatic rings. The van der Waals surface area contributed by atoms with Gasteiger partial charge >= 0.3 is 0 Å². The molecule has 0 aliphatic rings. The van der Waals surface area contributed by atoms with Crippen LogP contribution >= 0.6 is 0 Å². The van der Waals surface area contributed by atoms with Gasteiger partial charge in [-0.05, 0) is 26.2 Å². The first-order chi connectivity index (χ1) is 7.00. The predicted molar refractivity (Wildman–Crippen MR) is 56.9 cm³/mol. The minimum atomic E-state index is -0.645. The Morgan fingerprint density at radius 2 is 2.13 bits per heavy atom. The van der Waals surface area contributed by atoms with Crippen LogP contribution in [-0.4, -0.2) is 35.6 Å². The Kier molecular flexibility index (Phi) is 4.17. The number of aliphatic hydroxyl groups excluding tert-OH is 1. The highest BCUT2D eigenvalue weighted by atomic mass is 19.1. The van der Waals surface area contributed by atoms with E-state index in [0.717, 1.165) is 12.7 Å². The number of aliphatic hydroxyl groups is 1. The van der Waals surface area contributed by atoms with Crippen LogP contribution in [0.15, 0.2) is 18.3 Å². The normalized spacial score (nSPS) is 15.3. The third-order valence-corrected chi connectivity index (χ3v) is 2.25. The minimum Gasteiger partial charge on any atom is -0.386 e. The first-order valence-electron chi connectivity index (χ1n) is 4.95. The average molecular weight is 212 g/mol. The zero-order valence-corrected chi connectivity index (χ0v) is 9.31. The summed E-state index contributed by atoms with van der Waals surface area (Å²) in [5.41, 5.74) is 0.519. The average Bonchev–Trinajstić information content (AvgIpc) is 2.17. The number of halogens is 1. The minimum absolute atomic E-state index is 0.0676. The summed E-state index contributed by atoms with van der Waals surface area (Å²) in [4.78, 5) is 5.86. The van der Waals surface area contributed by atoms with Crippen molar-refractivity contribution in [3.05, 3.63) is 29.8 Å². The molecule has 1 aromatic heterocycles. The van der Waals surface area contributed by atoms with E-state index in [9.17, 15) is 9.50 Å². The van der Waals surface area contributed by atoms with Crippen molar-refractivity contribution in [3.8, 4) is 0 Å². The monoisotopic (exact) mass is 212 g/mol. The summed E-state index contributed by atoms with van der Waals surface area (Å²) in [6.45, 7) is 2.70. The highest BCUT2D eigenvalue weighted by molar-refractivity contribution is 5.08. The van der Waals surface area contributed by atoms with Gasteiger partial charge in [-0.25, -0.2) is 4.39 Å². The second kappa shape index (κ2) is 5.19. The van der Waals surface area contributed by atoms with Crippen molar-refractivity contribution in [2.24, 2.45) is 5.92 Å². The summed E-state index contributed by atoms with van der Waals surface area (Å²) < 4.78 is 12.6. The topological polar surface area (TPSA) is 36.4 Å². The molecule has 0 aliphatic carbocycles. The van der Waals surface area contributed by atoms with Crippen LogP contribution in [0.1, 0.15) is 18.7 Å². The van der Waals surface area contributed by atoms with Crippen LogP contribution in [0, 0.1) is 11.7 Å². The SMILES string of the molecule is CC(CN(C)C)C(O)c1ccc(F)cn1. The van der Waals surface area contributed by atoms with Gasteiger partial charge in [0.1, 0.15) is 5.82 Å². The Balaban J connectivity index is 2.67. The molecule has 0 amide bonds.